The van der Waals surface area contributed by atoms with Gasteiger partial charge in [0.2, 0.25) is 0 Å². The highest BCUT2D eigenvalue weighted by Gasteiger charge is 2.67. The molecule has 10 atom stereocenters. The van der Waals surface area contributed by atoms with E-state index in [1.165, 1.54) is 96.3 Å². The van der Waals surface area contributed by atoms with E-state index in [9.17, 15) is 4.79 Å². The SMILES string of the molecule is CCCCCCCCCCC(=O)OC1CCC2(C)C3CCC4(C)C(C(C)CCCC(C)C)CCC4C3CC(Br)C2(Br)C1. The number of carbonyl (C=O) groups is 1. The van der Waals surface area contributed by atoms with Crippen LogP contribution >= 0.6 is 31.9 Å². The third-order valence-corrected chi connectivity index (χ3v) is 17.0. The molecule has 10 unspecified atom stereocenters. The second-order valence-electron chi connectivity index (χ2n) is 16.5. The van der Waals surface area contributed by atoms with Gasteiger partial charge in [-0.2, -0.15) is 0 Å². The molecule has 2 nitrogen and oxygen atoms in total. The van der Waals surface area contributed by atoms with E-state index in [0.717, 1.165) is 61.2 Å². The summed E-state index contributed by atoms with van der Waals surface area (Å²) in [7, 11) is 0. The van der Waals surface area contributed by atoms with Crippen LogP contribution in [0.1, 0.15) is 170 Å². The first-order chi connectivity index (χ1) is 20.0. The Morgan fingerprint density at radius 1 is 0.857 bits per heavy atom. The van der Waals surface area contributed by atoms with Gasteiger partial charge in [-0.15, -0.1) is 0 Å². The van der Waals surface area contributed by atoms with Crippen molar-refractivity contribution in [2.24, 2.45) is 46.3 Å². The molecule has 4 fully saturated rings. The number of hydrogen-bond donors (Lipinski definition) is 0. The lowest BCUT2D eigenvalue weighted by atomic mass is 9.44. The van der Waals surface area contributed by atoms with Gasteiger partial charge < -0.3 is 4.74 Å². The van der Waals surface area contributed by atoms with Crippen LogP contribution in [0.3, 0.4) is 0 Å². The van der Waals surface area contributed by atoms with Gasteiger partial charge in [0.25, 0.3) is 0 Å². The van der Waals surface area contributed by atoms with Crippen LogP contribution in [0.15, 0.2) is 0 Å². The molecule has 42 heavy (non-hydrogen) atoms. The Balaban J connectivity index is 1.31. The van der Waals surface area contributed by atoms with Crippen LogP contribution in [-0.4, -0.2) is 21.2 Å². The van der Waals surface area contributed by atoms with E-state index in [4.69, 9.17) is 4.74 Å². The largest absolute Gasteiger partial charge is 0.462 e. The van der Waals surface area contributed by atoms with Crippen molar-refractivity contribution in [1.82, 2.24) is 0 Å². The lowest BCUT2D eigenvalue weighted by Gasteiger charge is -2.66. The lowest BCUT2D eigenvalue weighted by molar-refractivity contribution is -0.158. The highest BCUT2D eigenvalue weighted by atomic mass is 79.9. The maximum Gasteiger partial charge on any atom is 0.306 e. The summed E-state index contributed by atoms with van der Waals surface area (Å²) in [6.07, 6.45) is 25.1. The molecule has 0 aliphatic heterocycles. The second-order valence-corrected chi connectivity index (χ2v) is 19.0. The molecule has 0 N–H and O–H groups in total. The molecule has 0 heterocycles. The third-order valence-electron chi connectivity index (χ3n) is 13.4. The van der Waals surface area contributed by atoms with Crippen molar-refractivity contribution in [3.8, 4) is 0 Å². The van der Waals surface area contributed by atoms with Crippen molar-refractivity contribution in [2.75, 3.05) is 0 Å². The molecule has 4 aliphatic rings. The topological polar surface area (TPSA) is 26.3 Å². The minimum absolute atomic E-state index is 0.0126. The maximum absolute atomic E-state index is 12.8. The molecule has 4 rings (SSSR count). The van der Waals surface area contributed by atoms with Crippen molar-refractivity contribution in [2.45, 2.75) is 185 Å². The van der Waals surface area contributed by atoms with Crippen molar-refractivity contribution < 1.29 is 9.53 Å². The van der Waals surface area contributed by atoms with Crippen LogP contribution in [0, 0.1) is 46.3 Å². The number of hydrogen-bond acceptors (Lipinski definition) is 2. The van der Waals surface area contributed by atoms with Gasteiger partial charge in [-0.25, -0.2) is 0 Å². The van der Waals surface area contributed by atoms with E-state index < -0.39 is 0 Å². The predicted octanol–water partition coefficient (Wildman–Crippen LogP) is 12.4. The summed E-state index contributed by atoms with van der Waals surface area (Å²) in [6, 6.07) is 0. The molecule has 4 aliphatic carbocycles. The summed E-state index contributed by atoms with van der Waals surface area (Å²) >= 11 is 8.69. The van der Waals surface area contributed by atoms with Crippen LogP contribution in [-0.2, 0) is 9.53 Å². The summed E-state index contributed by atoms with van der Waals surface area (Å²) in [4.78, 5) is 13.3. The Morgan fingerprint density at radius 3 is 2.24 bits per heavy atom. The molecule has 0 spiro atoms. The minimum Gasteiger partial charge on any atom is -0.462 e. The number of ether oxygens (including phenoxy) is 1. The predicted molar refractivity (Wildman–Crippen MR) is 186 cm³/mol. The molecule has 0 aromatic carbocycles. The monoisotopic (exact) mass is 712 g/mol. The summed E-state index contributed by atoms with van der Waals surface area (Å²) < 4.78 is 6.19. The summed E-state index contributed by atoms with van der Waals surface area (Å²) in [5, 5.41) is 0. The molecule has 0 amide bonds. The normalized spacial score (nSPS) is 40.3. The number of fused-ring (bicyclic) bond motifs is 5. The van der Waals surface area contributed by atoms with E-state index in [0.29, 0.717) is 16.7 Å². The van der Waals surface area contributed by atoms with Gasteiger partial charge in [-0.3, -0.25) is 4.79 Å². The number of esters is 1. The van der Waals surface area contributed by atoms with E-state index in [2.05, 4.69) is 73.4 Å². The van der Waals surface area contributed by atoms with Crippen LogP contribution < -0.4 is 0 Å². The molecular weight excluding hydrogens is 648 g/mol. The molecule has 4 heteroatoms. The van der Waals surface area contributed by atoms with Crippen molar-refractivity contribution in [1.29, 1.82) is 0 Å². The summed E-state index contributed by atoms with van der Waals surface area (Å²) in [5.41, 5.74) is 0.781. The first kappa shape index (κ1) is 35.3. The Hall–Kier alpha value is 0.430. The van der Waals surface area contributed by atoms with E-state index in [1.54, 1.807) is 0 Å². The van der Waals surface area contributed by atoms with Crippen LogP contribution in [0.5, 0.6) is 0 Å². The number of carbonyl (C=O) groups excluding carboxylic acids is 1. The van der Waals surface area contributed by atoms with Crippen molar-refractivity contribution >= 4 is 37.8 Å². The molecule has 0 saturated heterocycles. The molecule has 0 radical (unpaired) electrons. The smallest absolute Gasteiger partial charge is 0.306 e. The average molecular weight is 715 g/mol. The zero-order valence-corrected chi connectivity index (χ0v) is 31.5. The Kier molecular flexibility index (Phi) is 12.9. The standard InChI is InChI=1S/C38H66Br2O2/c1-7-8-9-10-11-12-13-14-18-35(41)42-29-21-24-37(6)33-22-23-36(5)31(28(4)17-15-16-27(2)3)19-20-32(36)30(33)25-34(39)38(37,40)26-29/h27-34H,7-26H2,1-6H3. The zero-order chi connectivity index (χ0) is 30.5. The van der Waals surface area contributed by atoms with E-state index in [-0.39, 0.29) is 21.8 Å². The Morgan fingerprint density at radius 2 is 1.55 bits per heavy atom. The van der Waals surface area contributed by atoms with Crippen LogP contribution in [0.2, 0.25) is 0 Å². The van der Waals surface area contributed by atoms with Crippen LogP contribution in [0.25, 0.3) is 0 Å². The van der Waals surface area contributed by atoms with Crippen molar-refractivity contribution in [3.63, 3.8) is 0 Å². The first-order valence-electron chi connectivity index (χ1n) is 18.5. The van der Waals surface area contributed by atoms with Gasteiger partial charge in [0.05, 0.1) is 0 Å². The van der Waals surface area contributed by atoms with Crippen molar-refractivity contribution in [3.05, 3.63) is 0 Å². The number of unbranched alkanes of at least 4 members (excludes halogenated alkanes) is 7. The average Bonchev–Trinajstić information content (AvgIpc) is 3.29. The van der Waals surface area contributed by atoms with Gasteiger partial charge in [0.15, 0.2) is 0 Å². The Labute approximate surface area is 277 Å². The lowest BCUT2D eigenvalue weighted by Crippen LogP contribution is -2.64. The van der Waals surface area contributed by atoms with E-state index >= 15 is 0 Å². The maximum atomic E-state index is 12.8. The molecular formula is C38H66Br2O2. The van der Waals surface area contributed by atoms with Gasteiger partial charge in [0, 0.05) is 22.0 Å². The summed E-state index contributed by atoms with van der Waals surface area (Å²) in [6.45, 7) is 14.9. The number of rotatable bonds is 15. The fraction of sp³-hybridized carbons (Fsp3) is 0.974. The fourth-order valence-electron chi connectivity index (χ4n) is 10.9. The Bertz CT molecular complexity index is 860. The van der Waals surface area contributed by atoms with Gasteiger partial charge in [0.1, 0.15) is 6.10 Å². The molecule has 244 valence electrons. The number of halogens is 2. The molecule has 0 bridgehead atoms. The highest BCUT2D eigenvalue weighted by Crippen LogP contribution is 2.71. The highest BCUT2D eigenvalue weighted by molar-refractivity contribution is 9.12. The van der Waals surface area contributed by atoms with Crippen LogP contribution in [0.4, 0.5) is 0 Å². The second kappa shape index (κ2) is 15.3. The van der Waals surface area contributed by atoms with Gasteiger partial charge in [-0.1, -0.05) is 138 Å². The third kappa shape index (κ3) is 7.52. The quantitative estimate of drug-likeness (QED) is 0.0959. The van der Waals surface area contributed by atoms with E-state index in [1.807, 2.05) is 0 Å². The van der Waals surface area contributed by atoms with Gasteiger partial charge in [-0.05, 0) is 97.7 Å². The molecule has 0 aromatic heterocycles. The summed E-state index contributed by atoms with van der Waals surface area (Å²) in [5.74, 6) is 5.13. The molecule has 4 saturated carbocycles. The first-order valence-corrected chi connectivity index (χ1v) is 20.2. The molecule has 0 aromatic rings. The number of alkyl halides is 2. The minimum atomic E-state index is 0.0126. The fourth-order valence-corrected chi connectivity index (χ4v) is 13.1. The van der Waals surface area contributed by atoms with Gasteiger partial charge >= 0.3 is 5.97 Å². The zero-order valence-electron chi connectivity index (χ0n) is 28.3.